The molecule has 3 heterocycles. The van der Waals surface area contributed by atoms with E-state index in [0.29, 0.717) is 12.5 Å². The first-order valence-electron chi connectivity index (χ1n) is 9.25. The van der Waals surface area contributed by atoms with E-state index in [0.717, 1.165) is 73.4 Å². The molecule has 1 N–H and O–H groups in total. The van der Waals surface area contributed by atoms with Gasteiger partial charge in [0, 0.05) is 55.2 Å². The number of hydrogen-bond donors (Lipinski definition) is 1. The Labute approximate surface area is 148 Å². The van der Waals surface area contributed by atoms with E-state index in [4.69, 9.17) is 9.72 Å². The van der Waals surface area contributed by atoms with Gasteiger partial charge in [0.25, 0.3) is 5.91 Å². The molecule has 4 rings (SSSR count). The zero-order valence-electron chi connectivity index (χ0n) is 14.8. The second-order valence-corrected chi connectivity index (χ2v) is 6.99. The molecule has 1 aromatic heterocycles. The Morgan fingerprint density at radius 1 is 1.40 bits per heavy atom. The van der Waals surface area contributed by atoms with Crippen LogP contribution in [0, 0.1) is 5.92 Å². The Bertz CT molecular complexity index is 784. The summed E-state index contributed by atoms with van der Waals surface area (Å²) in [5, 5.41) is 4.11. The van der Waals surface area contributed by atoms with Crippen LogP contribution in [0.1, 0.15) is 35.0 Å². The molecule has 0 saturated carbocycles. The molecular weight excluding hydrogens is 314 g/mol. The molecule has 1 atom stereocenters. The van der Waals surface area contributed by atoms with Crippen molar-refractivity contribution >= 4 is 16.8 Å². The van der Waals surface area contributed by atoms with Crippen LogP contribution in [0.2, 0.25) is 0 Å². The van der Waals surface area contributed by atoms with Gasteiger partial charge in [-0.05, 0) is 19.0 Å². The Morgan fingerprint density at radius 2 is 2.28 bits per heavy atom. The molecule has 5 heteroatoms. The van der Waals surface area contributed by atoms with Gasteiger partial charge in [0.2, 0.25) is 0 Å². The van der Waals surface area contributed by atoms with Crippen molar-refractivity contribution in [2.75, 3.05) is 32.8 Å². The number of aromatic nitrogens is 1. The van der Waals surface area contributed by atoms with E-state index in [1.165, 1.54) is 0 Å². The molecule has 5 nitrogen and oxygen atoms in total. The number of nitrogens with one attached hydrogen (secondary N) is 1. The summed E-state index contributed by atoms with van der Waals surface area (Å²) < 4.78 is 5.42. The van der Waals surface area contributed by atoms with E-state index in [1.807, 2.05) is 24.3 Å². The molecule has 0 spiro atoms. The lowest BCUT2D eigenvalue weighted by Crippen LogP contribution is -2.35. The van der Waals surface area contributed by atoms with Crippen molar-refractivity contribution in [2.24, 2.45) is 5.92 Å². The molecule has 1 fully saturated rings. The van der Waals surface area contributed by atoms with Crippen molar-refractivity contribution in [1.29, 1.82) is 0 Å². The van der Waals surface area contributed by atoms with Gasteiger partial charge in [-0.1, -0.05) is 25.1 Å². The molecule has 1 saturated heterocycles. The van der Waals surface area contributed by atoms with Crippen molar-refractivity contribution in [2.45, 2.75) is 26.3 Å². The second-order valence-electron chi connectivity index (χ2n) is 6.99. The molecule has 2 aliphatic heterocycles. The number of carbonyl (C=O) groups is 1. The van der Waals surface area contributed by atoms with Gasteiger partial charge in [-0.2, -0.15) is 0 Å². The summed E-state index contributed by atoms with van der Waals surface area (Å²) in [6.45, 7) is 7.21. The van der Waals surface area contributed by atoms with Gasteiger partial charge in [0.15, 0.2) is 0 Å². The lowest BCUT2D eigenvalue weighted by atomic mass is 9.95. The quantitative estimate of drug-likeness (QED) is 0.929. The van der Waals surface area contributed by atoms with Crippen LogP contribution in [0.4, 0.5) is 0 Å². The van der Waals surface area contributed by atoms with Crippen molar-refractivity contribution in [3.05, 3.63) is 41.1 Å². The minimum atomic E-state index is 0.0275. The number of carbonyl (C=O) groups excluding carboxylic acids is 1. The van der Waals surface area contributed by atoms with Crippen LogP contribution in [0.25, 0.3) is 10.9 Å². The molecule has 0 unspecified atom stereocenters. The maximum atomic E-state index is 13.1. The van der Waals surface area contributed by atoms with Gasteiger partial charge >= 0.3 is 0 Å². The second kappa shape index (κ2) is 7.10. The van der Waals surface area contributed by atoms with Crippen LogP contribution in [0.3, 0.4) is 0 Å². The van der Waals surface area contributed by atoms with Crippen molar-refractivity contribution in [3.63, 3.8) is 0 Å². The van der Waals surface area contributed by atoms with Crippen LogP contribution in [-0.2, 0) is 17.7 Å². The van der Waals surface area contributed by atoms with Gasteiger partial charge in [0.1, 0.15) is 0 Å². The molecule has 1 aromatic carbocycles. The summed E-state index contributed by atoms with van der Waals surface area (Å²) in [6.07, 6.45) is 1.93. The summed E-state index contributed by atoms with van der Waals surface area (Å²) in [7, 11) is 0. The van der Waals surface area contributed by atoms with Crippen LogP contribution < -0.4 is 5.32 Å². The van der Waals surface area contributed by atoms with E-state index in [-0.39, 0.29) is 5.91 Å². The minimum absolute atomic E-state index is 0.0275. The smallest absolute Gasteiger partial charge is 0.252 e. The monoisotopic (exact) mass is 339 g/mol. The van der Waals surface area contributed by atoms with Crippen molar-refractivity contribution in [1.82, 2.24) is 15.2 Å². The number of likely N-dealkylation sites (N-methyl/N-ethyl adjacent to an activating group) is 1. The first kappa shape index (κ1) is 16.5. The fourth-order valence-corrected chi connectivity index (χ4v) is 3.85. The first-order chi connectivity index (χ1) is 12.3. The molecule has 25 heavy (non-hydrogen) atoms. The summed E-state index contributed by atoms with van der Waals surface area (Å²) in [5.74, 6) is 0.458. The van der Waals surface area contributed by atoms with E-state index >= 15 is 0 Å². The standard InChI is InChI=1S/C20H25N3O2/c1-2-23-9-7-18-16(12-23)19(15-5-3-4-6-17(15)22-18)20(24)21-11-14-8-10-25-13-14/h3-6,14H,2,7-13H2,1H3,(H,21,24)/t14-/m0/s1. The molecular formula is C20H25N3O2. The average Bonchev–Trinajstić information content (AvgIpc) is 3.17. The summed E-state index contributed by atoms with van der Waals surface area (Å²) in [6, 6.07) is 7.99. The predicted molar refractivity (Wildman–Crippen MR) is 97.7 cm³/mol. The van der Waals surface area contributed by atoms with Crippen LogP contribution in [-0.4, -0.2) is 48.6 Å². The number of benzene rings is 1. The van der Waals surface area contributed by atoms with E-state index in [2.05, 4.69) is 17.1 Å². The van der Waals surface area contributed by atoms with E-state index in [1.54, 1.807) is 0 Å². The van der Waals surface area contributed by atoms with E-state index in [9.17, 15) is 4.79 Å². The normalized spacial score (nSPS) is 20.6. The molecule has 2 aromatic rings. The Morgan fingerprint density at radius 3 is 3.08 bits per heavy atom. The fourth-order valence-electron chi connectivity index (χ4n) is 3.85. The van der Waals surface area contributed by atoms with E-state index < -0.39 is 0 Å². The fraction of sp³-hybridized carbons (Fsp3) is 0.500. The third-order valence-corrected chi connectivity index (χ3v) is 5.38. The summed E-state index contributed by atoms with van der Waals surface area (Å²) in [4.78, 5) is 20.3. The molecule has 132 valence electrons. The SMILES string of the molecule is CCN1CCc2nc3ccccc3c(C(=O)NC[C@@H]3CCOC3)c2C1. The molecule has 0 bridgehead atoms. The minimum Gasteiger partial charge on any atom is -0.381 e. The lowest BCUT2D eigenvalue weighted by molar-refractivity contribution is 0.0943. The number of fused-ring (bicyclic) bond motifs is 2. The Balaban J connectivity index is 1.70. The number of pyridine rings is 1. The number of rotatable bonds is 4. The van der Waals surface area contributed by atoms with Gasteiger partial charge in [-0.3, -0.25) is 14.7 Å². The number of para-hydroxylation sites is 1. The van der Waals surface area contributed by atoms with Gasteiger partial charge in [-0.15, -0.1) is 0 Å². The van der Waals surface area contributed by atoms with Crippen molar-refractivity contribution in [3.8, 4) is 0 Å². The third kappa shape index (κ3) is 3.26. The number of amides is 1. The average molecular weight is 339 g/mol. The summed E-state index contributed by atoms with van der Waals surface area (Å²) in [5.41, 5.74) is 3.92. The van der Waals surface area contributed by atoms with Crippen LogP contribution in [0.15, 0.2) is 24.3 Å². The number of nitrogens with zero attached hydrogens (tertiary/aromatic N) is 2. The number of hydrogen-bond acceptors (Lipinski definition) is 4. The van der Waals surface area contributed by atoms with Gasteiger partial charge in [-0.25, -0.2) is 0 Å². The Hall–Kier alpha value is -1.98. The molecule has 0 radical (unpaired) electrons. The summed E-state index contributed by atoms with van der Waals surface area (Å²) >= 11 is 0. The largest absolute Gasteiger partial charge is 0.381 e. The third-order valence-electron chi connectivity index (χ3n) is 5.38. The maximum absolute atomic E-state index is 13.1. The van der Waals surface area contributed by atoms with Gasteiger partial charge < -0.3 is 10.1 Å². The van der Waals surface area contributed by atoms with Crippen LogP contribution in [0.5, 0.6) is 0 Å². The molecule has 0 aliphatic carbocycles. The van der Waals surface area contributed by atoms with Crippen LogP contribution >= 0.6 is 0 Å². The number of ether oxygens (including phenoxy) is 1. The Kier molecular flexibility index (Phi) is 4.68. The highest BCUT2D eigenvalue weighted by molar-refractivity contribution is 6.07. The highest BCUT2D eigenvalue weighted by Crippen LogP contribution is 2.28. The zero-order valence-corrected chi connectivity index (χ0v) is 14.8. The maximum Gasteiger partial charge on any atom is 0.252 e. The lowest BCUT2D eigenvalue weighted by Gasteiger charge is -2.29. The highest BCUT2D eigenvalue weighted by atomic mass is 16.5. The molecule has 2 aliphatic rings. The molecule has 1 amide bonds. The predicted octanol–water partition coefficient (Wildman–Crippen LogP) is 2.38. The van der Waals surface area contributed by atoms with Gasteiger partial charge in [0.05, 0.1) is 17.7 Å². The highest BCUT2D eigenvalue weighted by Gasteiger charge is 2.26. The first-order valence-corrected chi connectivity index (χ1v) is 9.25. The van der Waals surface area contributed by atoms with Crippen molar-refractivity contribution < 1.29 is 9.53 Å². The zero-order chi connectivity index (χ0) is 17.2. The topological polar surface area (TPSA) is 54.5 Å².